The first-order valence-electron chi connectivity index (χ1n) is 5.93. The molecule has 18 heavy (non-hydrogen) atoms. The molecule has 3 nitrogen and oxygen atoms in total. The predicted molar refractivity (Wildman–Crippen MR) is 73.2 cm³/mol. The van der Waals surface area contributed by atoms with Crippen LogP contribution in [0.1, 0.15) is 25.8 Å². The average molecular weight is 266 g/mol. The van der Waals surface area contributed by atoms with Crippen LogP contribution in [0.2, 0.25) is 0 Å². The largest absolute Gasteiger partial charge is 0.461 e. The lowest BCUT2D eigenvalue weighted by atomic mass is 9.94. The number of hydrogen-bond donors (Lipinski definition) is 1. The Hall–Kier alpha value is -1.29. The Kier molecular flexibility index (Phi) is 5.92. The summed E-state index contributed by atoms with van der Waals surface area (Å²) in [7, 11) is 0. The van der Waals surface area contributed by atoms with E-state index in [1.165, 1.54) is 0 Å². The third-order valence-corrected chi connectivity index (χ3v) is 3.08. The van der Waals surface area contributed by atoms with Gasteiger partial charge in [0.1, 0.15) is 6.61 Å². The van der Waals surface area contributed by atoms with Crippen molar-refractivity contribution < 1.29 is 14.3 Å². The molecule has 0 unspecified atom stereocenters. The van der Waals surface area contributed by atoms with Gasteiger partial charge in [-0.2, -0.15) is 0 Å². The van der Waals surface area contributed by atoms with Crippen LogP contribution in [0, 0.1) is 11.8 Å². The molecule has 0 fully saturated rings. The van der Waals surface area contributed by atoms with Crippen molar-refractivity contribution in [1.82, 2.24) is 0 Å². The highest BCUT2D eigenvalue weighted by Gasteiger charge is 2.23. The van der Waals surface area contributed by atoms with Gasteiger partial charge >= 0.3 is 5.97 Å². The Bertz CT molecular complexity index is 401. The number of thiol groups is 1. The molecule has 1 atom stereocenters. The van der Waals surface area contributed by atoms with Crippen molar-refractivity contribution in [3.8, 4) is 0 Å². The summed E-state index contributed by atoms with van der Waals surface area (Å²) in [6, 6.07) is 9.45. The molecule has 4 heteroatoms. The first-order valence-corrected chi connectivity index (χ1v) is 6.37. The molecule has 0 heterocycles. The molecule has 0 aliphatic rings. The van der Waals surface area contributed by atoms with Crippen LogP contribution in [0.5, 0.6) is 0 Å². The summed E-state index contributed by atoms with van der Waals surface area (Å²) in [5.74, 6) is -0.657. The minimum Gasteiger partial charge on any atom is -0.461 e. The fourth-order valence-electron chi connectivity index (χ4n) is 1.58. The summed E-state index contributed by atoms with van der Waals surface area (Å²) in [5, 5.41) is -0.262. The highest BCUT2D eigenvalue weighted by atomic mass is 32.1. The van der Waals surface area contributed by atoms with Gasteiger partial charge in [0.15, 0.2) is 5.12 Å². The van der Waals surface area contributed by atoms with E-state index < -0.39 is 0 Å². The van der Waals surface area contributed by atoms with E-state index in [1.807, 2.05) is 44.2 Å². The predicted octanol–water partition coefficient (Wildman–Crippen LogP) is 2.85. The van der Waals surface area contributed by atoms with Gasteiger partial charge in [0.05, 0.1) is 6.42 Å². The van der Waals surface area contributed by atoms with Crippen LogP contribution < -0.4 is 0 Å². The van der Waals surface area contributed by atoms with E-state index in [0.717, 1.165) is 5.56 Å². The summed E-state index contributed by atoms with van der Waals surface area (Å²) in [4.78, 5) is 22.9. The molecule has 0 radical (unpaired) electrons. The van der Waals surface area contributed by atoms with Crippen molar-refractivity contribution in [2.45, 2.75) is 26.9 Å². The number of ether oxygens (including phenoxy) is 1. The van der Waals surface area contributed by atoms with Crippen molar-refractivity contribution in [2.24, 2.45) is 11.8 Å². The maximum atomic E-state index is 11.6. The lowest BCUT2D eigenvalue weighted by Gasteiger charge is -2.16. The van der Waals surface area contributed by atoms with Crippen LogP contribution in [0.25, 0.3) is 0 Å². The van der Waals surface area contributed by atoms with E-state index in [1.54, 1.807) is 0 Å². The number of esters is 1. The molecule has 0 amide bonds. The number of hydrogen-bond acceptors (Lipinski definition) is 3. The van der Waals surface area contributed by atoms with Crippen LogP contribution in [0.3, 0.4) is 0 Å². The van der Waals surface area contributed by atoms with Gasteiger partial charge in [-0.25, -0.2) is 0 Å². The van der Waals surface area contributed by atoms with E-state index in [-0.39, 0.29) is 35.9 Å². The second-order valence-corrected chi connectivity index (χ2v) is 4.98. The molecule has 1 aromatic carbocycles. The average Bonchev–Trinajstić information content (AvgIpc) is 2.34. The van der Waals surface area contributed by atoms with E-state index in [9.17, 15) is 9.59 Å². The van der Waals surface area contributed by atoms with Crippen LogP contribution in [-0.2, 0) is 20.9 Å². The van der Waals surface area contributed by atoms with Crippen molar-refractivity contribution in [3.05, 3.63) is 35.9 Å². The third-order valence-electron chi connectivity index (χ3n) is 2.75. The fraction of sp³-hybridized carbons (Fsp3) is 0.429. The molecule has 98 valence electrons. The SMILES string of the molecule is CC(C)[C@H](CC(=O)OCc1ccccc1)C(=O)S. The lowest BCUT2D eigenvalue weighted by molar-refractivity contribution is -0.147. The molecule has 0 aromatic heterocycles. The smallest absolute Gasteiger partial charge is 0.306 e. The maximum absolute atomic E-state index is 11.6. The first-order chi connectivity index (χ1) is 8.50. The maximum Gasteiger partial charge on any atom is 0.306 e. The molecule has 0 saturated carbocycles. The Morgan fingerprint density at radius 1 is 1.22 bits per heavy atom. The fourth-order valence-corrected chi connectivity index (χ4v) is 1.97. The highest BCUT2D eigenvalue weighted by Crippen LogP contribution is 2.19. The normalized spacial score (nSPS) is 12.2. The molecule has 0 aliphatic carbocycles. The second-order valence-electron chi connectivity index (χ2n) is 4.54. The molecular weight excluding hydrogens is 248 g/mol. The van der Waals surface area contributed by atoms with Crippen molar-refractivity contribution >= 4 is 23.7 Å². The zero-order chi connectivity index (χ0) is 13.5. The zero-order valence-corrected chi connectivity index (χ0v) is 11.5. The molecule has 1 aromatic rings. The molecule has 0 bridgehead atoms. The molecular formula is C14H18O3S. The molecule has 0 aliphatic heterocycles. The van der Waals surface area contributed by atoms with Gasteiger partial charge in [-0.3, -0.25) is 9.59 Å². The number of benzene rings is 1. The van der Waals surface area contributed by atoms with Gasteiger partial charge in [-0.1, -0.05) is 44.2 Å². The van der Waals surface area contributed by atoms with Gasteiger partial charge in [0, 0.05) is 5.92 Å². The van der Waals surface area contributed by atoms with Crippen molar-refractivity contribution in [1.29, 1.82) is 0 Å². The summed E-state index contributed by atoms with van der Waals surface area (Å²) >= 11 is 3.80. The molecule has 1 rings (SSSR count). The number of carbonyl (C=O) groups is 2. The highest BCUT2D eigenvalue weighted by molar-refractivity contribution is 7.96. The molecule has 0 saturated heterocycles. The first kappa shape index (κ1) is 14.8. The van der Waals surface area contributed by atoms with E-state index in [4.69, 9.17) is 4.74 Å². The zero-order valence-electron chi connectivity index (χ0n) is 10.6. The van der Waals surface area contributed by atoms with Gasteiger partial charge in [-0.05, 0) is 11.5 Å². The number of rotatable bonds is 6. The Morgan fingerprint density at radius 3 is 2.33 bits per heavy atom. The quantitative estimate of drug-likeness (QED) is 0.636. The Labute approximate surface area is 113 Å². The van der Waals surface area contributed by atoms with E-state index in [0.29, 0.717) is 0 Å². The minimum atomic E-state index is -0.378. The Balaban J connectivity index is 2.44. The van der Waals surface area contributed by atoms with Crippen LogP contribution >= 0.6 is 12.6 Å². The minimum absolute atomic E-state index is 0.0827. The third kappa shape index (κ3) is 4.92. The summed E-state index contributed by atoms with van der Waals surface area (Å²) < 4.78 is 5.13. The molecule has 0 spiro atoms. The van der Waals surface area contributed by atoms with Gasteiger partial charge in [-0.15, -0.1) is 12.6 Å². The summed E-state index contributed by atoms with van der Waals surface area (Å²) in [5.41, 5.74) is 0.934. The second kappa shape index (κ2) is 7.21. The number of carbonyl (C=O) groups excluding carboxylic acids is 2. The van der Waals surface area contributed by atoms with Gasteiger partial charge < -0.3 is 4.74 Å². The summed E-state index contributed by atoms with van der Waals surface area (Å²) in [6.07, 6.45) is 0.0901. The van der Waals surface area contributed by atoms with E-state index >= 15 is 0 Å². The standard InChI is InChI=1S/C14H18O3S/c1-10(2)12(14(16)18)8-13(15)17-9-11-6-4-3-5-7-11/h3-7,10,12H,8-9H2,1-2H3,(H,16,18)/t12-/m0/s1. The van der Waals surface area contributed by atoms with Crippen LogP contribution in [-0.4, -0.2) is 11.1 Å². The van der Waals surface area contributed by atoms with Crippen LogP contribution in [0.4, 0.5) is 0 Å². The van der Waals surface area contributed by atoms with E-state index in [2.05, 4.69) is 12.6 Å². The van der Waals surface area contributed by atoms with Gasteiger partial charge in [0.2, 0.25) is 0 Å². The van der Waals surface area contributed by atoms with Crippen molar-refractivity contribution in [2.75, 3.05) is 0 Å². The topological polar surface area (TPSA) is 43.4 Å². The summed E-state index contributed by atoms with van der Waals surface area (Å²) in [6.45, 7) is 4.03. The van der Waals surface area contributed by atoms with Gasteiger partial charge in [0.25, 0.3) is 0 Å². The van der Waals surface area contributed by atoms with Crippen LogP contribution in [0.15, 0.2) is 30.3 Å². The monoisotopic (exact) mass is 266 g/mol. The Morgan fingerprint density at radius 2 is 1.83 bits per heavy atom. The van der Waals surface area contributed by atoms with Crippen molar-refractivity contribution in [3.63, 3.8) is 0 Å². The lowest BCUT2D eigenvalue weighted by Crippen LogP contribution is -2.21. The molecule has 0 N–H and O–H groups in total.